The Labute approximate surface area is 41.6 Å². The smallest absolute Gasteiger partial charge is 0.0641 e. The summed E-state index contributed by atoms with van der Waals surface area (Å²) in [5.41, 5.74) is 0. The maximum atomic E-state index is 7.01. The van der Waals surface area contributed by atoms with E-state index in [4.69, 9.17) is 5.41 Å². The topological polar surface area (TPSA) is 23.9 Å². The Bertz CT molecular complexity index is 61.9. The molecular formula is C4H7NS. The van der Waals surface area contributed by atoms with E-state index in [1.165, 1.54) is 12.2 Å². The number of thioether (sulfide) groups is 1. The van der Waals surface area contributed by atoms with Crippen molar-refractivity contribution in [1.82, 2.24) is 0 Å². The molecular weight excluding hydrogens is 94.1 g/mol. The van der Waals surface area contributed by atoms with Crippen LogP contribution in [-0.2, 0) is 0 Å². The summed E-state index contributed by atoms with van der Waals surface area (Å²) in [6, 6.07) is 0. The Kier molecular flexibility index (Phi) is 1.15. The van der Waals surface area contributed by atoms with Gasteiger partial charge in [-0.05, 0) is 18.6 Å². The molecule has 1 nitrogen and oxygen atoms in total. The fourth-order valence-electron chi connectivity index (χ4n) is 0.500. The zero-order chi connectivity index (χ0) is 4.41. The first-order valence-electron chi connectivity index (χ1n) is 2.10. The van der Waals surface area contributed by atoms with Crippen LogP contribution in [0.4, 0.5) is 0 Å². The Hall–Kier alpha value is 0.0200. The summed E-state index contributed by atoms with van der Waals surface area (Å²) in [4.78, 5) is 0. The van der Waals surface area contributed by atoms with E-state index in [1.807, 2.05) is 0 Å². The van der Waals surface area contributed by atoms with E-state index in [9.17, 15) is 0 Å². The molecule has 1 heterocycles. The van der Waals surface area contributed by atoms with E-state index >= 15 is 0 Å². The normalized spacial score (nSPS) is 22.3. The third kappa shape index (κ3) is 0.744. The third-order valence-electron chi connectivity index (χ3n) is 0.824. The molecule has 1 rings (SSSR count). The zero-order valence-electron chi connectivity index (χ0n) is 3.53. The highest BCUT2D eigenvalue weighted by molar-refractivity contribution is 8.14. The third-order valence-corrected chi connectivity index (χ3v) is 1.87. The highest BCUT2D eigenvalue weighted by Crippen LogP contribution is 2.17. The summed E-state index contributed by atoms with van der Waals surface area (Å²) in [6.07, 6.45) is 2.26. The fourth-order valence-corrected chi connectivity index (χ4v) is 1.32. The van der Waals surface area contributed by atoms with Crippen molar-refractivity contribution in [3.8, 4) is 0 Å². The van der Waals surface area contributed by atoms with Gasteiger partial charge in [-0.1, -0.05) is 0 Å². The second-order valence-electron chi connectivity index (χ2n) is 1.38. The maximum Gasteiger partial charge on any atom is 0.0641 e. The molecule has 0 aliphatic carbocycles. The van der Waals surface area contributed by atoms with Crippen molar-refractivity contribution < 1.29 is 0 Å². The van der Waals surface area contributed by atoms with Gasteiger partial charge in [0.2, 0.25) is 0 Å². The standard InChI is InChI=1S/C4H7NS/c5-4-2-1-3-6-4/h5H,1-3H2. The zero-order valence-corrected chi connectivity index (χ0v) is 4.35. The van der Waals surface area contributed by atoms with E-state index in [-0.39, 0.29) is 0 Å². The monoisotopic (exact) mass is 101 g/mol. The Morgan fingerprint density at radius 3 is 2.67 bits per heavy atom. The van der Waals surface area contributed by atoms with Crippen molar-refractivity contribution in [3.05, 3.63) is 0 Å². The first-order valence-corrected chi connectivity index (χ1v) is 3.08. The van der Waals surface area contributed by atoms with Crippen LogP contribution in [0.15, 0.2) is 0 Å². The SMILES string of the molecule is N=C1CCCS1. The first kappa shape index (κ1) is 4.19. The van der Waals surface area contributed by atoms with Crippen molar-refractivity contribution in [2.24, 2.45) is 0 Å². The highest BCUT2D eigenvalue weighted by Gasteiger charge is 2.04. The summed E-state index contributed by atoms with van der Waals surface area (Å²) >= 11 is 1.68. The fraction of sp³-hybridized carbons (Fsp3) is 0.750. The number of hydrogen-bond acceptors (Lipinski definition) is 2. The summed E-state index contributed by atoms with van der Waals surface area (Å²) in [5.74, 6) is 1.18. The molecule has 1 aliphatic rings. The van der Waals surface area contributed by atoms with Crippen LogP contribution >= 0.6 is 11.8 Å². The number of rotatable bonds is 0. The van der Waals surface area contributed by atoms with Gasteiger partial charge in [0.15, 0.2) is 0 Å². The minimum atomic E-state index is 0.870. The lowest BCUT2D eigenvalue weighted by atomic mass is 10.4. The number of nitrogens with one attached hydrogen (secondary N) is 1. The van der Waals surface area contributed by atoms with Gasteiger partial charge in [-0.15, -0.1) is 11.8 Å². The minimum Gasteiger partial charge on any atom is -0.298 e. The molecule has 0 aromatic heterocycles. The van der Waals surface area contributed by atoms with Crippen molar-refractivity contribution >= 4 is 16.8 Å². The van der Waals surface area contributed by atoms with Crippen molar-refractivity contribution in [1.29, 1.82) is 5.41 Å². The average molecular weight is 101 g/mol. The summed E-state index contributed by atoms with van der Waals surface area (Å²) in [6.45, 7) is 0. The highest BCUT2D eigenvalue weighted by atomic mass is 32.2. The molecule has 2 heteroatoms. The van der Waals surface area contributed by atoms with Gasteiger partial charge in [-0.2, -0.15) is 0 Å². The van der Waals surface area contributed by atoms with E-state index < -0.39 is 0 Å². The Balaban J connectivity index is 2.37. The van der Waals surface area contributed by atoms with Crippen LogP contribution in [0.25, 0.3) is 0 Å². The molecule has 6 heavy (non-hydrogen) atoms. The molecule has 0 aromatic rings. The molecule has 0 atom stereocenters. The van der Waals surface area contributed by atoms with Crippen LogP contribution in [0, 0.1) is 5.41 Å². The van der Waals surface area contributed by atoms with Gasteiger partial charge in [0.1, 0.15) is 0 Å². The maximum absolute atomic E-state index is 7.01. The largest absolute Gasteiger partial charge is 0.298 e. The molecule has 0 spiro atoms. The predicted octanol–water partition coefficient (Wildman–Crippen LogP) is 1.49. The van der Waals surface area contributed by atoms with Gasteiger partial charge in [0.25, 0.3) is 0 Å². The van der Waals surface area contributed by atoms with Crippen LogP contribution in [0.5, 0.6) is 0 Å². The molecule has 0 bridgehead atoms. The Morgan fingerprint density at radius 2 is 2.50 bits per heavy atom. The predicted molar refractivity (Wildman–Crippen MR) is 29.4 cm³/mol. The second-order valence-corrected chi connectivity index (χ2v) is 2.56. The minimum absolute atomic E-state index is 0.870. The van der Waals surface area contributed by atoms with Crippen molar-refractivity contribution in [3.63, 3.8) is 0 Å². The van der Waals surface area contributed by atoms with Crippen LogP contribution in [0.1, 0.15) is 12.8 Å². The lowest BCUT2D eigenvalue weighted by Crippen LogP contribution is -1.73. The summed E-state index contributed by atoms with van der Waals surface area (Å²) < 4.78 is 0. The summed E-state index contributed by atoms with van der Waals surface area (Å²) in [7, 11) is 0. The van der Waals surface area contributed by atoms with Crippen molar-refractivity contribution in [2.45, 2.75) is 12.8 Å². The lowest BCUT2D eigenvalue weighted by molar-refractivity contribution is 1.04. The molecule has 0 saturated carbocycles. The molecule has 1 aliphatic heterocycles. The van der Waals surface area contributed by atoms with E-state index in [0.717, 1.165) is 11.5 Å². The van der Waals surface area contributed by atoms with Gasteiger partial charge < -0.3 is 0 Å². The molecule has 1 fully saturated rings. The lowest BCUT2D eigenvalue weighted by Gasteiger charge is -1.77. The molecule has 0 amide bonds. The molecule has 0 radical (unpaired) electrons. The first-order chi connectivity index (χ1) is 2.89. The molecule has 1 N–H and O–H groups in total. The molecule has 0 unspecified atom stereocenters. The van der Waals surface area contributed by atoms with Gasteiger partial charge in [0.05, 0.1) is 5.04 Å². The van der Waals surface area contributed by atoms with Gasteiger partial charge >= 0.3 is 0 Å². The van der Waals surface area contributed by atoms with Gasteiger partial charge in [-0.3, -0.25) is 5.41 Å². The van der Waals surface area contributed by atoms with E-state index in [1.54, 1.807) is 11.8 Å². The van der Waals surface area contributed by atoms with Crippen molar-refractivity contribution in [2.75, 3.05) is 5.75 Å². The quantitative estimate of drug-likeness (QED) is 0.491. The van der Waals surface area contributed by atoms with Crippen LogP contribution in [0.2, 0.25) is 0 Å². The van der Waals surface area contributed by atoms with Crippen LogP contribution in [-0.4, -0.2) is 10.8 Å². The average Bonchev–Trinajstić information content (AvgIpc) is 1.86. The van der Waals surface area contributed by atoms with E-state index in [2.05, 4.69) is 0 Å². The second kappa shape index (κ2) is 1.65. The van der Waals surface area contributed by atoms with Gasteiger partial charge in [0, 0.05) is 0 Å². The van der Waals surface area contributed by atoms with Crippen LogP contribution < -0.4 is 0 Å². The molecule has 1 saturated heterocycles. The Morgan fingerprint density at radius 1 is 1.67 bits per heavy atom. The number of hydrogen-bond donors (Lipinski definition) is 1. The van der Waals surface area contributed by atoms with Gasteiger partial charge in [-0.25, -0.2) is 0 Å². The van der Waals surface area contributed by atoms with Crippen LogP contribution in [0.3, 0.4) is 0 Å². The molecule has 34 valence electrons. The molecule has 0 aromatic carbocycles. The van der Waals surface area contributed by atoms with E-state index in [0.29, 0.717) is 0 Å². The summed E-state index contributed by atoms with van der Waals surface area (Å²) in [5, 5.41) is 7.88.